The van der Waals surface area contributed by atoms with Crippen LogP contribution in [0, 0.1) is 0 Å². The zero-order valence-electron chi connectivity index (χ0n) is 9.37. The lowest BCUT2D eigenvalue weighted by atomic mass is 10.3. The Labute approximate surface area is 103 Å². The second-order valence-electron chi connectivity index (χ2n) is 3.54. The van der Waals surface area contributed by atoms with Crippen LogP contribution in [0.3, 0.4) is 0 Å². The van der Waals surface area contributed by atoms with Gasteiger partial charge in [-0.25, -0.2) is 8.42 Å². The standard InChI is InChI=1S/C10H13F3N2O2S/c11-10(12,13)18(16,17)9-4-2-8(3-5-9)15-7-1-6-14/h2-5,15H,1,6-7,14H2. The highest BCUT2D eigenvalue weighted by atomic mass is 32.2. The molecule has 0 unspecified atom stereocenters. The third-order valence-electron chi connectivity index (χ3n) is 2.18. The summed E-state index contributed by atoms with van der Waals surface area (Å²) in [6.45, 7) is 1.06. The summed E-state index contributed by atoms with van der Waals surface area (Å²) in [7, 11) is -5.27. The molecule has 4 nitrogen and oxygen atoms in total. The largest absolute Gasteiger partial charge is 0.501 e. The normalized spacial score (nSPS) is 12.4. The van der Waals surface area contributed by atoms with E-state index < -0.39 is 20.2 Å². The van der Waals surface area contributed by atoms with Gasteiger partial charge in [-0.1, -0.05) is 0 Å². The molecule has 0 heterocycles. The molecule has 0 amide bonds. The molecule has 0 aliphatic carbocycles. The molecule has 1 aromatic rings. The van der Waals surface area contributed by atoms with Gasteiger partial charge in [-0.3, -0.25) is 0 Å². The van der Waals surface area contributed by atoms with Crippen LogP contribution >= 0.6 is 0 Å². The van der Waals surface area contributed by atoms with Crippen molar-refractivity contribution in [1.29, 1.82) is 0 Å². The van der Waals surface area contributed by atoms with E-state index in [2.05, 4.69) is 5.32 Å². The number of anilines is 1. The minimum atomic E-state index is -5.28. The van der Waals surface area contributed by atoms with Crippen molar-refractivity contribution in [3.63, 3.8) is 0 Å². The highest BCUT2D eigenvalue weighted by Crippen LogP contribution is 2.30. The second kappa shape index (κ2) is 5.57. The van der Waals surface area contributed by atoms with E-state index in [0.29, 0.717) is 25.2 Å². The summed E-state index contributed by atoms with van der Waals surface area (Å²) >= 11 is 0. The first kappa shape index (κ1) is 14.8. The third kappa shape index (κ3) is 3.36. The molecular formula is C10H13F3N2O2S. The molecule has 0 saturated heterocycles. The number of benzene rings is 1. The van der Waals surface area contributed by atoms with Gasteiger partial charge in [-0.05, 0) is 37.2 Å². The quantitative estimate of drug-likeness (QED) is 0.807. The van der Waals surface area contributed by atoms with Crippen LogP contribution in [-0.4, -0.2) is 27.0 Å². The average Bonchev–Trinajstić information content (AvgIpc) is 2.28. The SMILES string of the molecule is NCCCNc1ccc(S(=O)(=O)C(F)(F)F)cc1. The number of halogens is 3. The Bertz CT molecular complexity index is 483. The first-order valence-electron chi connectivity index (χ1n) is 5.14. The van der Waals surface area contributed by atoms with Crippen LogP contribution in [0.5, 0.6) is 0 Å². The molecule has 0 aliphatic rings. The molecule has 0 aromatic heterocycles. The monoisotopic (exact) mass is 282 g/mol. The van der Waals surface area contributed by atoms with Gasteiger partial charge in [0, 0.05) is 12.2 Å². The number of nitrogens with one attached hydrogen (secondary N) is 1. The van der Waals surface area contributed by atoms with Crippen molar-refractivity contribution < 1.29 is 21.6 Å². The first-order chi connectivity index (χ1) is 8.29. The van der Waals surface area contributed by atoms with Crippen molar-refractivity contribution in [2.75, 3.05) is 18.4 Å². The van der Waals surface area contributed by atoms with Crippen molar-refractivity contribution in [2.45, 2.75) is 16.8 Å². The smallest absolute Gasteiger partial charge is 0.385 e. The molecule has 0 radical (unpaired) electrons. The van der Waals surface area contributed by atoms with Crippen molar-refractivity contribution in [2.24, 2.45) is 5.73 Å². The molecule has 0 fully saturated rings. The molecule has 0 atom stereocenters. The van der Waals surface area contributed by atoms with E-state index in [0.717, 1.165) is 12.1 Å². The summed E-state index contributed by atoms with van der Waals surface area (Å²) in [5.41, 5.74) is 0.547. The summed E-state index contributed by atoms with van der Waals surface area (Å²) in [6, 6.07) is 4.42. The Kier molecular flexibility index (Phi) is 4.58. The van der Waals surface area contributed by atoms with Gasteiger partial charge in [0.1, 0.15) is 0 Å². The Hall–Kier alpha value is -1.28. The lowest BCUT2D eigenvalue weighted by Crippen LogP contribution is -2.23. The zero-order chi connectivity index (χ0) is 13.8. The number of hydrogen-bond acceptors (Lipinski definition) is 4. The highest BCUT2D eigenvalue weighted by Gasteiger charge is 2.46. The summed E-state index contributed by atoms with van der Waals surface area (Å²) in [6.07, 6.45) is 0.711. The molecule has 102 valence electrons. The van der Waals surface area contributed by atoms with Crippen LogP contribution in [0.1, 0.15) is 6.42 Å². The number of hydrogen-bond donors (Lipinski definition) is 2. The summed E-state index contributed by atoms with van der Waals surface area (Å²) < 4.78 is 58.9. The molecule has 8 heteroatoms. The van der Waals surface area contributed by atoms with Gasteiger partial charge in [0.05, 0.1) is 4.90 Å². The maximum Gasteiger partial charge on any atom is 0.501 e. The summed E-state index contributed by atoms with van der Waals surface area (Å²) in [4.78, 5) is -0.764. The fraction of sp³-hybridized carbons (Fsp3) is 0.400. The van der Waals surface area contributed by atoms with Gasteiger partial charge in [0.15, 0.2) is 0 Å². The van der Waals surface area contributed by atoms with E-state index in [-0.39, 0.29) is 0 Å². The van der Waals surface area contributed by atoms with Gasteiger partial charge in [0.2, 0.25) is 0 Å². The maximum absolute atomic E-state index is 12.3. The van der Waals surface area contributed by atoms with E-state index in [1.54, 1.807) is 0 Å². The summed E-state index contributed by atoms with van der Waals surface area (Å²) in [5.74, 6) is 0. The van der Waals surface area contributed by atoms with E-state index >= 15 is 0 Å². The first-order valence-corrected chi connectivity index (χ1v) is 6.62. The number of alkyl halides is 3. The molecule has 0 bridgehead atoms. The zero-order valence-corrected chi connectivity index (χ0v) is 10.2. The van der Waals surface area contributed by atoms with Crippen molar-refractivity contribution in [3.05, 3.63) is 24.3 Å². The fourth-order valence-electron chi connectivity index (χ4n) is 1.22. The topological polar surface area (TPSA) is 72.2 Å². The maximum atomic E-state index is 12.3. The van der Waals surface area contributed by atoms with E-state index in [4.69, 9.17) is 5.73 Å². The van der Waals surface area contributed by atoms with Crippen LogP contribution < -0.4 is 11.1 Å². The molecule has 0 spiro atoms. The Morgan fingerprint density at radius 2 is 1.72 bits per heavy atom. The lowest BCUT2D eigenvalue weighted by Gasteiger charge is -2.09. The predicted molar refractivity (Wildman–Crippen MR) is 61.8 cm³/mol. The van der Waals surface area contributed by atoms with Crippen LogP contribution in [0.15, 0.2) is 29.2 Å². The molecule has 1 rings (SSSR count). The minimum Gasteiger partial charge on any atom is -0.385 e. The lowest BCUT2D eigenvalue weighted by molar-refractivity contribution is -0.0436. The van der Waals surface area contributed by atoms with Crippen LogP contribution in [0.4, 0.5) is 18.9 Å². The van der Waals surface area contributed by atoms with Crippen LogP contribution in [-0.2, 0) is 9.84 Å². The van der Waals surface area contributed by atoms with Gasteiger partial charge in [-0.15, -0.1) is 0 Å². The second-order valence-corrected chi connectivity index (χ2v) is 5.48. The molecule has 0 aliphatic heterocycles. The van der Waals surface area contributed by atoms with Crippen LogP contribution in [0.25, 0.3) is 0 Å². The Morgan fingerprint density at radius 3 is 2.17 bits per heavy atom. The van der Waals surface area contributed by atoms with Crippen molar-refractivity contribution in [1.82, 2.24) is 0 Å². The highest BCUT2D eigenvalue weighted by molar-refractivity contribution is 7.92. The third-order valence-corrected chi connectivity index (χ3v) is 3.68. The van der Waals surface area contributed by atoms with E-state index in [1.807, 2.05) is 0 Å². The minimum absolute atomic E-state index is 0.494. The average molecular weight is 282 g/mol. The van der Waals surface area contributed by atoms with E-state index in [1.165, 1.54) is 12.1 Å². The Balaban J connectivity index is 2.84. The molecule has 18 heavy (non-hydrogen) atoms. The van der Waals surface area contributed by atoms with E-state index in [9.17, 15) is 21.6 Å². The van der Waals surface area contributed by atoms with Crippen LogP contribution in [0.2, 0.25) is 0 Å². The molecule has 0 saturated carbocycles. The van der Waals surface area contributed by atoms with Crippen molar-refractivity contribution in [3.8, 4) is 0 Å². The Morgan fingerprint density at radius 1 is 1.17 bits per heavy atom. The van der Waals surface area contributed by atoms with Crippen molar-refractivity contribution >= 4 is 15.5 Å². The fourth-order valence-corrected chi connectivity index (χ4v) is 1.98. The predicted octanol–water partition coefficient (Wildman–Crippen LogP) is 1.74. The van der Waals surface area contributed by atoms with Gasteiger partial charge < -0.3 is 11.1 Å². The van der Waals surface area contributed by atoms with Gasteiger partial charge in [-0.2, -0.15) is 13.2 Å². The van der Waals surface area contributed by atoms with Gasteiger partial charge in [0.25, 0.3) is 9.84 Å². The summed E-state index contributed by atoms with van der Waals surface area (Å²) in [5, 5.41) is 2.91. The number of nitrogens with two attached hydrogens (primary N) is 1. The van der Waals surface area contributed by atoms with Gasteiger partial charge >= 0.3 is 5.51 Å². The molecule has 1 aromatic carbocycles. The molecular weight excluding hydrogens is 269 g/mol. The number of rotatable bonds is 5. The molecule has 3 N–H and O–H groups in total. The number of sulfone groups is 1.